The number of hydrogen-bond donors (Lipinski definition) is 0. The Hall–Kier alpha value is -0.850. The second-order valence-electron chi connectivity index (χ2n) is 3.98. The first-order chi connectivity index (χ1) is 6.15. The minimum atomic E-state index is 0.533. The van der Waals surface area contributed by atoms with Crippen LogP contribution in [0.3, 0.4) is 0 Å². The van der Waals surface area contributed by atoms with Gasteiger partial charge in [-0.05, 0) is 29.9 Å². The Bertz CT molecular complexity index is 248. The van der Waals surface area contributed by atoms with E-state index >= 15 is 0 Å². The molecule has 1 atom stereocenters. The molecule has 72 valence electrons. The van der Waals surface area contributed by atoms with E-state index in [9.17, 15) is 0 Å². The van der Waals surface area contributed by atoms with Gasteiger partial charge >= 0.3 is 0 Å². The van der Waals surface area contributed by atoms with Gasteiger partial charge in [0.2, 0.25) is 0 Å². The van der Waals surface area contributed by atoms with Crippen LogP contribution in [0.5, 0.6) is 0 Å². The summed E-state index contributed by atoms with van der Waals surface area (Å²) in [6, 6.07) is 4.35. The average Bonchev–Trinajstić information content (AvgIpc) is 2.17. The van der Waals surface area contributed by atoms with Crippen molar-refractivity contribution >= 4 is 0 Å². The van der Waals surface area contributed by atoms with E-state index in [2.05, 4.69) is 44.8 Å². The summed E-state index contributed by atoms with van der Waals surface area (Å²) in [4.78, 5) is 4.45. The first kappa shape index (κ1) is 10.2. The standard InChI is InChI=1S/C12H19N/c1-5-10(4)11-6-7-12(9(2)3)13-8-11/h6-10H,5H2,1-4H3. The van der Waals surface area contributed by atoms with Gasteiger partial charge in [-0.3, -0.25) is 4.98 Å². The first-order valence-electron chi connectivity index (χ1n) is 5.11. The molecule has 1 aromatic rings. The van der Waals surface area contributed by atoms with Crippen molar-refractivity contribution in [3.05, 3.63) is 29.6 Å². The lowest BCUT2D eigenvalue weighted by molar-refractivity contribution is 0.723. The van der Waals surface area contributed by atoms with Crippen molar-refractivity contribution in [3.63, 3.8) is 0 Å². The highest BCUT2D eigenvalue weighted by Gasteiger charge is 2.04. The zero-order valence-electron chi connectivity index (χ0n) is 9.04. The quantitative estimate of drug-likeness (QED) is 0.685. The average molecular weight is 177 g/mol. The summed E-state index contributed by atoms with van der Waals surface area (Å²) in [6.07, 6.45) is 3.20. The van der Waals surface area contributed by atoms with E-state index in [4.69, 9.17) is 0 Å². The molecule has 0 bridgehead atoms. The predicted molar refractivity (Wildman–Crippen MR) is 57.0 cm³/mol. The highest BCUT2D eigenvalue weighted by atomic mass is 14.7. The monoisotopic (exact) mass is 177 g/mol. The largest absolute Gasteiger partial charge is 0.261 e. The number of nitrogens with zero attached hydrogens (tertiary/aromatic N) is 1. The topological polar surface area (TPSA) is 12.9 Å². The van der Waals surface area contributed by atoms with Crippen LogP contribution >= 0.6 is 0 Å². The third-order valence-electron chi connectivity index (χ3n) is 2.58. The molecule has 0 aliphatic heterocycles. The molecule has 13 heavy (non-hydrogen) atoms. The third kappa shape index (κ3) is 2.55. The van der Waals surface area contributed by atoms with Gasteiger partial charge in [0.1, 0.15) is 0 Å². The summed E-state index contributed by atoms with van der Waals surface area (Å²) >= 11 is 0. The number of hydrogen-bond acceptors (Lipinski definition) is 1. The molecule has 0 aliphatic rings. The Morgan fingerprint density at radius 2 is 1.92 bits per heavy atom. The summed E-state index contributed by atoms with van der Waals surface area (Å²) in [5.41, 5.74) is 2.54. The normalized spacial score (nSPS) is 13.3. The summed E-state index contributed by atoms with van der Waals surface area (Å²) in [5, 5.41) is 0. The molecule has 0 aliphatic carbocycles. The molecule has 1 heterocycles. The predicted octanol–water partition coefficient (Wildman–Crippen LogP) is 3.72. The first-order valence-corrected chi connectivity index (χ1v) is 5.11. The van der Waals surface area contributed by atoms with Gasteiger partial charge in [-0.15, -0.1) is 0 Å². The van der Waals surface area contributed by atoms with Gasteiger partial charge in [-0.25, -0.2) is 0 Å². The molecule has 0 saturated carbocycles. The van der Waals surface area contributed by atoms with E-state index in [-0.39, 0.29) is 0 Å². The Balaban J connectivity index is 2.81. The molecule has 0 saturated heterocycles. The molecule has 0 N–H and O–H groups in total. The molecule has 1 aromatic heterocycles. The van der Waals surface area contributed by atoms with Gasteiger partial charge in [-0.1, -0.05) is 33.8 Å². The molecule has 1 heteroatoms. The van der Waals surface area contributed by atoms with E-state index in [0.29, 0.717) is 11.8 Å². The van der Waals surface area contributed by atoms with Gasteiger partial charge in [-0.2, -0.15) is 0 Å². The lowest BCUT2D eigenvalue weighted by atomic mass is 9.99. The lowest BCUT2D eigenvalue weighted by Gasteiger charge is -2.10. The van der Waals surface area contributed by atoms with Gasteiger partial charge in [0.25, 0.3) is 0 Å². The second kappa shape index (κ2) is 4.40. The minimum absolute atomic E-state index is 0.533. The Kier molecular flexibility index (Phi) is 3.47. The van der Waals surface area contributed by atoms with Crippen LogP contribution in [0.4, 0.5) is 0 Å². The number of rotatable bonds is 3. The van der Waals surface area contributed by atoms with E-state index in [1.165, 1.54) is 17.7 Å². The molecule has 0 spiro atoms. The van der Waals surface area contributed by atoms with Crippen LogP contribution in [0, 0.1) is 0 Å². The summed E-state index contributed by atoms with van der Waals surface area (Å²) in [5.74, 6) is 1.17. The summed E-state index contributed by atoms with van der Waals surface area (Å²) in [7, 11) is 0. The van der Waals surface area contributed by atoms with Crippen LogP contribution in [-0.4, -0.2) is 4.98 Å². The molecule has 1 rings (SSSR count). The molecule has 0 aromatic carbocycles. The second-order valence-corrected chi connectivity index (χ2v) is 3.98. The maximum atomic E-state index is 4.45. The van der Waals surface area contributed by atoms with Crippen LogP contribution < -0.4 is 0 Å². The Labute approximate surface area is 81.2 Å². The highest BCUT2D eigenvalue weighted by Crippen LogP contribution is 2.19. The Morgan fingerprint density at radius 3 is 2.31 bits per heavy atom. The molecule has 1 unspecified atom stereocenters. The van der Waals surface area contributed by atoms with Crippen molar-refractivity contribution in [2.75, 3.05) is 0 Å². The maximum Gasteiger partial charge on any atom is 0.0429 e. The number of pyridine rings is 1. The van der Waals surface area contributed by atoms with Gasteiger partial charge < -0.3 is 0 Å². The number of aromatic nitrogens is 1. The SMILES string of the molecule is CCC(C)c1ccc(C(C)C)nc1. The van der Waals surface area contributed by atoms with Gasteiger partial charge in [0.15, 0.2) is 0 Å². The fourth-order valence-electron chi connectivity index (χ4n) is 1.29. The van der Waals surface area contributed by atoms with Gasteiger partial charge in [0.05, 0.1) is 0 Å². The maximum absolute atomic E-state index is 4.45. The van der Waals surface area contributed by atoms with Crippen molar-refractivity contribution in [2.24, 2.45) is 0 Å². The smallest absolute Gasteiger partial charge is 0.0429 e. The van der Waals surface area contributed by atoms with Crippen molar-refractivity contribution < 1.29 is 0 Å². The third-order valence-corrected chi connectivity index (χ3v) is 2.58. The van der Waals surface area contributed by atoms with Crippen molar-refractivity contribution in [1.82, 2.24) is 4.98 Å². The zero-order chi connectivity index (χ0) is 9.84. The Morgan fingerprint density at radius 1 is 1.23 bits per heavy atom. The van der Waals surface area contributed by atoms with E-state index in [1.54, 1.807) is 0 Å². The molecular weight excluding hydrogens is 158 g/mol. The van der Waals surface area contributed by atoms with Crippen LogP contribution in [0.2, 0.25) is 0 Å². The molecular formula is C12H19N. The van der Waals surface area contributed by atoms with Crippen LogP contribution in [0.1, 0.15) is 57.2 Å². The van der Waals surface area contributed by atoms with Crippen LogP contribution in [-0.2, 0) is 0 Å². The van der Waals surface area contributed by atoms with Crippen molar-refractivity contribution in [2.45, 2.75) is 46.0 Å². The summed E-state index contributed by atoms with van der Waals surface area (Å²) in [6.45, 7) is 8.80. The highest BCUT2D eigenvalue weighted by molar-refractivity contribution is 5.19. The van der Waals surface area contributed by atoms with E-state index in [1.807, 2.05) is 6.20 Å². The van der Waals surface area contributed by atoms with Crippen LogP contribution in [0.25, 0.3) is 0 Å². The van der Waals surface area contributed by atoms with Gasteiger partial charge in [0, 0.05) is 11.9 Å². The minimum Gasteiger partial charge on any atom is -0.261 e. The fourth-order valence-corrected chi connectivity index (χ4v) is 1.29. The van der Waals surface area contributed by atoms with E-state index < -0.39 is 0 Å². The lowest BCUT2D eigenvalue weighted by Crippen LogP contribution is -1.96. The van der Waals surface area contributed by atoms with E-state index in [0.717, 1.165) is 0 Å². The summed E-state index contributed by atoms with van der Waals surface area (Å²) < 4.78 is 0. The van der Waals surface area contributed by atoms with Crippen molar-refractivity contribution in [1.29, 1.82) is 0 Å². The zero-order valence-corrected chi connectivity index (χ0v) is 9.04. The molecule has 1 nitrogen and oxygen atoms in total. The molecule has 0 radical (unpaired) electrons. The van der Waals surface area contributed by atoms with Crippen LogP contribution in [0.15, 0.2) is 18.3 Å². The molecule has 0 amide bonds. The van der Waals surface area contributed by atoms with Crippen molar-refractivity contribution in [3.8, 4) is 0 Å². The fraction of sp³-hybridized carbons (Fsp3) is 0.583. The molecule has 0 fully saturated rings.